The second-order valence-electron chi connectivity index (χ2n) is 5.35. The minimum atomic E-state index is -4.14. The van der Waals surface area contributed by atoms with Gasteiger partial charge in [-0.1, -0.05) is 24.9 Å². The molecule has 1 aliphatic carbocycles. The summed E-state index contributed by atoms with van der Waals surface area (Å²) in [5.41, 5.74) is 0. The van der Waals surface area contributed by atoms with Gasteiger partial charge in [-0.05, 0) is 25.7 Å². The number of hydrogen-bond donors (Lipinski definition) is 0. The molecule has 1 aromatic rings. The summed E-state index contributed by atoms with van der Waals surface area (Å²) in [5, 5.41) is 3.46. The van der Waals surface area contributed by atoms with Gasteiger partial charge in [0.1, 0.15) is 0 Å². The van der Waals surface area contributed by atoms with E-state index in [2.05, 4.69) is 10.1 Å². The summed E-state index contributed by atoms with van der Waals surface area (Å²) in [5.74, 6) is -0.880. The second kappa shape index (κ2) is 6.33. The van der Waals surface area contributed by atoms with Crippen LogP contribution in [0.3, 0.4) is 0 Å². The molecule has 3 nitrogen and oxygen atoms in total. The molecular formula is C13H18ClF3N2O. The van der Waals surface area contributed by atoms with Crippen LogP contribution in [-0.4, -0.2) is 16.3 Å². The number of nitrogens with zero attached hydrogens (tertiary/aromatic N) is 2. The normalized spacial score (nSPS) is 25.6. The van der Waals surface area contributed by atoms with E-state index in [0.29, 0.717) is 24.6 Å². The predicted octanol–water partition coefficient (Wildman–Crippen LogP) is 4.99. The van der Waals surface area contributed by atoms with E-state index >= 15 is 0 Å². The van der Waals surface area contributed by atoms with E-state index in [9.17, 15) is 13.2 Å². The molecule has 1 aromatic heterocycles. The number of hydrogen-bond acceptors (Lipinski definition) is 3. The summed E-state index contributed by atoms with van der Waals surface area (Å²) < 4.78 is 43.4. The Morgan fingerprint density at radius 2 is 2.15 bits per heavy atom. The average molecular weight is 311 g/mol. The molecule has 7 heteroatoms. The molecule has 1 aliphatic rings. The maximum absolute atomic E-state index is 12.8. The molecule has 3 unspecified atom stereocenters. The third-order valence-electron chi connectivity index (χ3n) is 3.77. The molecule has 114 valence electrons. The zero-order valence-electron chi connectivity index (χ0n) is 11.3. The summed E-state index contributed by atoms with van der Waals surface area (Å²) in [7, 11) is 0. The lowest BCUT2D eigenvalue weighted by atomic mass is 9.81. The second-order valence-corrected chi connectivity index (χ2v) is 5.88. The van der Waals surface area contributed by atoms with Crippen molar-refractivity contribution in [1.29, 1.82) is 0 Å². The molecule has 3 atom stereocenters. The molecule has 1 saturated carbocycles. The van der Waals surface area contributed by atoms with E-state index in [1.165, 1.54) is 0 Å². The van der Waals surface area contributed by atoms with Crippen molar-refractivity contribution >= 4 is 11.6 Å². The first-order valence-corrected chi connectivity index (χ1v) is 7.39. The number of aromatic nitrogens is 2. The maximum atomic E-state index is 12.8. The van der Waals surface area contributed by atoms with Crippen LogP contribution in [0, 0.1) is 5.92 Å². The van der Waals surface area contributed by atoms with Gasteiger partial charge < -0.3 is 4.52 Å². The Morgan fingerprint density at radius 1 is 1.40 bits per heavy atom. The molecule has 0 aromatic carbocycles. The Bertz CT molecular complexity index is 435. The summed E-state index contributed by atoms with van der Waals surface area (Å²) in [6.07, 6.45) is -1.12. The van der Waals surface area contributed by atoms with Gasteiger partial charge in [-0.15, -0.1) is 11.6 Å². The molecule has 0 saturated heterocycles. The molecular weight excluding hydrogens is 293 g/mol. The Morgan fingerprint density at radius 3 is 2.80 bits per heavy atom. The highest BCUT2D eigenvalue weighted by atomic mass is 35.5. The topological polar surface area (TPSA) is 38.9 Å². The molecule has 0 N–H and O–H groups in total. The number of rotatable bonds is 4. The van der Waals surface area contributed by atoms with Gasteiger partial charge in [0.05, 0.1) is 11.3 Å². The first-order chi connectivity index (χ1) is 9.41. The quantitative estimate of drug-likeness (QED) is 0.736. The first-order valence-electron chi connectivity index (χ1n) is 6.96. The molecule has 20 heavy (non-hydrogen) atoms. The molecule has 1 fully saturated rings. The van der Waals surface area contributed by atoms with E-state index in [1.807, 2.05) is 6.92 Å². The minimum absolute atomic E-state index is 0.0336. The Kier molecular flexibility index (Phi) is 4.94. The summed E-state index contributed by atoms with van der Waals surface area (Å²) in [4.78, 5) is 4.19. The van der Waals surface area contributed by atoms with E-state index in [4.69, 9.17) is 16.1 Å². The van der Waals surface area contributed by atoms with Crippen LogP contribution in [0.15, 0.2) is 4.52 Å². The lowest BCUT2D eigenvalue weighted by Gasteiger charge is -2.28. The highest BCUT2D eigenvalue weighted by molar-refractivity contribution is 6.20. The molecule has 0 spiro atoms. The SMILES string of the molecule is CCCC(Cl)c1noc(C2CCCC(C(F)(F)F)C2)n1. The Hall–Kier alpha value is -0.780. The highest BCUT2D eigenvalue weighted by Crippen LogP contribution is 2.43. The van der Waals surface area contributed by atoms with Crippen molar-refractivity contribution < 1.29 is 17.7 Å². The van der Waals surface area contributed by atoms with Crippen molar-refractivity contribution in [3.05, 3.63) is 11.7 Å². The zero-order valence-corrected chi connectivity index (χ0v) is 12.0. The monoisotopic (exact) mass is 310 g/mol. The molecule has 0 amide bonds. The van der Waals surface area contributed by atoms with Crippen molar-refractivity contribution in [2.75, 3.05) is 0 Å². The third-order valence-corrected chi connectivity index (χ3v) is 4.18. The summed E-state index contributed by atoms with van der Waals surface area (Å²) in [6.45, 7) is 1.99. The van der Waals surface area contributed by atoms with Crippen molar-refractivity contribution in [3.8, 4) is 0 Å². The van der Waals surface area contributed by atoms with Crippen molar-refractivity contribution in [2.45, 2.75) is 62.9 Å². The van der Waals surface area contributed by atoms with Crippen LogP contribution in [-0.2, 0) is 0 Å². The van der Waals surface area contributed by atoms with Gasteiger partial charge in [0.25, 0.3) is 0 Å². The largest absolute Gasteiger partial charge is 0.391 e. The molecule has 1 heterocycles. The average Bonchev–Trinajstić information content (AvgIpc) is 2.88. The predicted molar refractivity (Wildman–Crippen MR) is 68.6 cm³/mol. The molecule has 0 aliphatic heterocycles. The van der Waals surface area contributed by atoms with Gasteiger partial charge in [-0.3, -0.25) is 0 Å². The fraction of sp³-hybridized carbons (Fsp3) is 0.846. The van der Waals surface area contributed by atoms with Crippen LogP contribution in [0.4, 0.5) is 13.2 Å². The van der Waals surface area contributed by atoms with Crippen LogP contribution in [0.5, 0.6) is 0 Å². The van der Waals surface area contributed by atoms with Crippen LogP contribution >= 0.6 is 11.6 Å². The lowest BCUT2D eigenvalue weighted by Crippen LogP contribution is -2.28. The van der Waals surface area contributed by atoms with Crippen LogP contribution < -0.4 is 0 Å². The van der Waals surface area contributed by atoms with Crippen molar-refractivity contribution in [2.24, 2.45) is 5.92 Å². The number of alkyl halides is 4. The van der Waals surface area contributed by atoms with Gasteiger partial charge in [-0.25, -0.2) is 0 Å². The van der Waals surface area contributed by atoms with E-state index in [-0.39, 0.29) is 24.1 Å². The van der Waals surface area contributed by atoms with Gasteiger partial charge in [0.2, 0.25) is 5.89 Å². The summed E-state index contributed by atoms with van der Waals surface area (Å²) in [6, 6.07) is 0. The minimum Gasteiger partial charge on any atom is -0.339 e. The van der Waals surface area contributed by atoms with Crippen LogP contribution in [0.25, 0.3) is 0 Å². The number of halogens is 4. The fourth-order valence-electron chi connectivity index (χ4n) is 2.63. The van der Waals surface area contributed by atoms with Crippen LogP contribution in [0.2, 0.25) is 0 Å². The Labute approximate surface area is 120 Å². The highest BCUT2D eigenvalue weighted by Gasteiger charge is 2.43. The smallest absolute Gasteiger partial charge is 0.339 e. The fourth-order valence-corrected chi connectivity index (χ4v) is 2.94. The van der Waals surface area contributed by atoms with Crippen molar-refractivity contribution in [3.63, 3.8) is 0 Å². The summed E-state index contributed by atoms with van der Waals surface area (Å²) >= 11 is 6.09. The zero-order chi connectivity index (χ0) is 14.8. The van der Waals surface area contributed by atoms with E-state index in [1.54, 1.807) is 0 Å². The van der Waals surface area contributed by atoms with E-state index < -0.39 is 12.1 Å². The van der Waals surface area contributed by atoms with Crippen LogP contribution in [0.1, 0.15) is 68.5 Å². The Balaban J connectivity index is 2.04. The molecule has 2 rings (SSSR count). The van der Waals surface area contributed by atoms with Gasteiger partial charge >= 0.3 is 6.18 Å². The van der Waals surface area contributed by atoms with Gasteiger partial charge in [0, 0.05) is 5.92 Å². The maximum Gasteiger partial charge on any atom is 0.391 e. The third kappa shape index (κ3) is 3.65. The first kappa shape index (κ1) is 15.6. The lowest BCUT2D eigenvalue weighted by molar-refractivity contribution is -0.183. The molecule has 0 bridgehead atoms. The molecule has 0 radical (unpaired) electrons. The standard InChI is InChI=1S/C13H18ClF3N2O/c1-2-4-10(14)11-18-12(20-19-11)8-5-3-6-9(7-8)13(15,16)17/h8-10H,2-7H2,1H3. The van der Waals surface area contributed by atoms with Gasteiger partial charge in [0.15, 0.2) is 5.82 Å². The van der Waals surface area contributed by atoms with Crippen molar-refractivity contribution in [1.82, 2.24) is 10.1 Å². The van der Waals surface area contributed by atoms with E-state index in [0.717, 1.165) is 12.8 Å². The van der Waals surface area contributed by atoms with Gasteiger partial charge in [-0.2, -0.15) is 18.2 Å².